The van der Waals surface area contributed by atoms with E-state index < -0.39 is 11.4 Å². The Balaban J connectivity index is -0.000000134. The number of rotatable bonds is 1. The van der Waals surface area contributed by atoms with Gasteiger partial charge < -0.3 is 10.5 Å². The molecule has 0 amide bonds. The molecular weight excluding hydrogens is 266 g/mol. The first kappa shape index (κ1) is 19.2. The highest BCUT2D eigenvalue weighted by Gasteiger charge is 2.19. The third-order valence-electron chi connectivity index (χ3n) is 1.06. The smallest absolute Gasteiger partial charge is 0.313 e. The summed E-state index contributed by atoms with van der Waals surface area (Å²) in [6.45, 7) is 1.35. The lowest BCUT2D eigenvalue weighted by Gasteiger charge is -1.99. The SMILES string of the molecule is C1CCOC1.Cl.NCC(F)(F)Br.[B]. The molecule has 2 N–H and O–H groups in total. The summed E-state index contributed by atoms with van der Waals surface area (Å²) in [4.78, 5) is -2.87. The predicted octanol–water partition coefficient (Wildman–Crippen LogP) is 1.77. The van der Waals surface area contributed by atoms with Crippen LogP contribution in [0.3, 0.4) is 0 Å². The summed E-state index contributed by atoms with van der Waals surface area (Å²) in [5.41, 5.74) is 4.51. The summed E-state index contributed by atoms with van der Waals surface area (Å²) in [6, 6.07) is 0. The molecule has 79 valence electrons. The van der Waals surface area contributed by atoms with Gasteiger partial charge in [0.05, 0.1) is 6.54 Å². The molecule has 1 saturated heterocycles. The second-order valence-corrected chi connectivity index (χ2v) is 3.30. The van der Waals surface area contributed by atoms with E-state index in [1.54, 1.807) is 0 Å². The van der Waals surface area contributed by atoms with E-state index in [9.17, 15) is 8.78 Å². The Morgan fingerprint density at radius 2 is 1.62 bits per heavy atom. The first-order valence-electron chi connectivity index (χ1n) is 3.41. The van der Waals surface area contributed by atoms with E-state index in [-0.39, 0.29) is 20.8 Å². The molecule has 0 aromatic rings. The molecule has 0 saturated carbocycles. The number of alkyl halides is 3. The lowest BCUT2D eigenvalue weighted by atomic mass is 10.4. The molecule has 7 heteroatoms. The highest BCUT2D eigenvalue weighted by molar-refractivity contribution is 9.10. The van der Waals surface area contributed by atoms with Gasteiger partial charge in [0.2, 0.25) is 0 Å². The van der Waals surface area contributed by atoms with Crippen molar-refractivity contribution < 1.29 is 13.5 Å². The van der Waals surface area contributed by atoms with Gasteiger partial charge in [0.1, 0.15) is 0 Å². The molecule has 0 aromatic carbocycles. The molecule has 0 atom stereocenters. The van der Waals surface area contributed by atoms with Crippen molar-refractivity contribution in [2.75, 3.05) is 19.8 Å². The van der Waals surface area contributed by atoms with Gasteiger partial charge in [-0.15, -0.1) is 12.4 Å². The summed E-state index contributed by atoms with van der Waals surface area (Å²) in [5, 5.41) is 0. The molecule has 1 fully saturated rings. The summed E-state index contributed by atoms with van der Waals surface area (Å²) >= 11 is 2.02. The Labute approximate surface area is 93.7 Å². The van der Waals surface area contributed by atoms with Crippen molar-refractivity contribution in [2.24, 2.45) is 5.73 Å². The maximum atomic E-state index is 11.2. The summed E-state index contributed by atoms with van der Waals surface area (Å²) < 4.78 is 27.4. The van der Waals surface area contributed by atoms with Crippen LogP contribution in [0.15, 0.2) is 0 Å². The standard InChI is InChI=1S/C4H8O.C2H4BrF2N.B.ClH/c1-2-4-5-3-1;3-2(4,5)1-6;;/h1-4H2;1,6H2;;1H. The van der Waals surface area contributed by atoms with Crippen LogP contribution in [-0.4, -0.2) is 33.0 Å². The van der Waals surface area contributed by atoms with Crippen LogP contribution in [0.5, 0.6) is 0 Å². The zero-order valence-electron chi connectivity index (χ0n) is 7.14. The Kier molecular flexibility index (Phi) is 15.8. The maximum absolute atomic E-state index is 11.2. The average molecular weight is 279 g/mol. The van der Waals surface area contributed by atoms with Gasteiger partial charge in [0.25, 0.3) is 0 Å². The quantitative estimate of drug-likeness (QED) is 0.586. The summed E-state index contributed by atoms with van der Waals surface area (Å²) in [7, 11) is 0. The molecule has 0 aromatic heterocycles. The van der Waals surface area contributed by atoms with Crippen molar-refractivity contribution >= 4 is 36.8 Å². The van der Waals surface area contributed by atoms with Gasteiger partial charge >= 0.3 is 4.83 Å². The van der Waals surface area contributed by atoms with Gasteiger partial charge in [0, 0.05) is 21.6 Å². The molecule has 0 spiro atoms. The van der Waals surface area contributed by atoms with Crippen LogP contribution in [0.25, 0.3) is 0 Å². The average Bonchev–Trinajstić information content (AvgIpc) is 2.41. The maximum Gasteiger partial charge on any atom is 0.313 e. The molecule has 1 aliphatic rings. The molecule has 2 nitrogen and oxygen atoms in total. The second kappa shape index (κ2) is 10.7. The first-order valence-corrected chi connectivity index (χ1v) is 4.20. The third-order valence-corrected chi connectivity index (χ3v) is 1.38. The van der Waals surface area contributed by atoms with Crippen LogP contribution in [-0.2, 0) is 4.74 Å². The normalized spacial score (nSPS) is 14.8. The number of nitrogens with two attached hydrogens (primary N) is 1. The van der Waals surface area contributed by atoms with Crippen LogP contribution in [0.4, 0.5) is 8.78 Å². The van der Waals surface area contributed by atoms with Gasteiger partial charge in [0.15, 0.2) is 0 Å². The molecule has 3 radical (unpaired) electrons. The zero-order chi connectivity index (χ0) is 8.74. The lowest BCUT2D eigenvalue weighted by molar-refractivity contribution is 0.125. The molecule has 0 bridgehead atoms. The Morgan fingerprint density at radius 3 is 1.69 bits per heavy atom. The molecule has 1 rings (SSSR count). The fourth-order valence-corrected chi connectivity index (χ4v) is 0.510. The Bertz CT molecular complexity index is 95.5. The van der Waals surface area contributed by atoms with Crippen LogP contribution in [0.1, 0.15) is 12.8 Å². The van der Waals surface area contributed by atoms with Crippen molar-refractivity contribution in [2.45, 2.75) is 17.7 Å². The van der Waals surface area contributed by atoms with Crippen LogP contribution in [0, 0.1) is 0 Å². The minimum atomic E-state index is -2.87. The van der Waals surface area contributed by atoms with E-state index in [1.807, 2.05) is 15.9 Å². The lowest BCUT2D eigenvalue weighted by Crippen LogP contribution is -2.19. The first-order chi connectivity index (χ1) is 5.06. The van der Waals surface area contributed by atoms with Gasteiger partial charge in [-0.05, 0) is 28.8 Å². The van der Waals surface area contributed by atoms with E-state index in [0.717, 1.165) is 13.2 Å². The Morgan fingerprint density at radius 1 is 1.31 bits per heavy atom. The second-order valence-electron chi connectivity index (χ2n) is 2.14. The molecule has 0 unspecified atom stereocenters. The largest absolute Gasteiger partial charge is 0.381 e. The number of hydrogen-bond donors (Lipinski definition) is 1. The fourth-order valence-electron chi connectivity index (χ4n) is 0.510. The fraction of sp³-hybridized carbons (Fsp3) is 1.00. The van der Waals surface area contributed by atoms with Crippen molar-refractivity contribution in [1.29, 1.82) is 0 Å². The summed E-state index contributed by atoms with van der Waals surface area (Å²) in [5.74, 6) is 0. The van der Waals surface area contributed by atoms with Gasteiger partial charge in [-0.1, -0.05) is 0 Å². The van der Waals surface area contributed by atoms with Gasteiger partial charge in [-0.2, -0.15) is 8.78 Å². The highest BCUT2D eigenvalue weighted by Crippen LogP contribution is 2.18. The monoisotopic (exact) mass is 278 g/mol. The van der Waals surface area contributed by atoms with Gasteiger partial charge in [-0.3, -0.25) is 0 Å². The van der Waals surface area contributed by atoms with Crippen molar-refractivity contribution in [3.8, 4) is 0 Å². The van der Waals surface area contributed by atoms with Crippen molar-refractivity contribution in [3.05, 3.63) is 0 Å². The topological polar surface area (TPSA) is 35.2 Å². The minimum Gasteiger partial charge on any atom is -0.381 e. The molecule has 0 aliphatic carbocycles. The van der Waals surface area contributed by atoms with Gasteiger partial charge in [-0.25, -0.2) is 0 Å². The molecule has 1 aliphatic heterocycles. The summed E-state index contributed by atoms with van der Waals surface area (Å²) in [6.07, 6.45) is 2.56. The Hall–Kier alpha value is 0.615. The van der Waals surface area contributed by atoms with Crippen LogP contribution >= 0.6 is 28.3 Å². The zero-order valence-corrected chi connectivity index (χ0v) is 9.54. The van der Waals surface area contributed by atoms with Crippen molar-refractivity contribution in [1.82, 2.24) is 0 Å². The number of hydrogen-bond acceptors (Lipinski definition) is 2. The third kappa shape index (κ3) is 19.2. The van der Waals surface area contributed by atoms with E-state index in [0.29, 0.717) is 0 Å². The molecule has 1 heterocycles. The predicted molar refractivity (Wildman–Crippen MR) is 56.0 cm³/mol. The van der Waals surface area contributed by atoms with Crippen LogP contribution < -0.4 is 5.73 Å². The number of ether oxygens (including phenoxy) is 1. The number of halogens is 4. The van der Waals surface area contributed by atoms with E-state index in [2.05, 4.69) is 5.73 Å². The van der Waals surface area contributed by atoms with E-state index in [1.165, 1.54) is 12.8 Å². The minimum absolute atomic E-state index is 0. The van der Waals surface area contributed by atoms with Crippen molar-refractivity contribution in [3.63, 3.8) is 0 Å². The molecular formula is C6H13BBrClF2NO. The van der Waals surface area contributed by atoms with E-state index in [4.69, 9.17) is 4.74 Å². The highest BCUT2D eigenvalue weighted by atomic mass is 79.9. The van der Waals surface area contributed by atoms with E-state index >= 15 is 0 Å². The van der Waals surface area contributed by atoms with Crippen LogP contribution in [0.2, 0.25) is 0 Å². The molecule has 13 heavy (non-hydrogen) atoms.